The van der Waals surface area contributed by atoms with Crippen LogP contribution in [-0.4, -0.2) is 37.7 Å². The molecular weight excluding hydrogens is 236 g/mol. The molecule has 0 aliphatic carbocycles. The van der Waals surface area contributed by atoms with Crippen molar-refractivity contribution in [1.29, 1.82) is 0 Å². The Bertz CT molecular complexity index is 536. The zero-order valence-corrected chi connectivity index (χ0v) is 9.97. The second-order valence-electron chi connectivity index (χ2n) is 3.40. The van der Waals surface area contributed by atoms with Crippen LogP contribution in [0.1, 0.15) is 23.1 Å². The molecule has 0 bridgehead atoms. The number of carbonyl (C=O) groups is 1. The molecule has 0 fully saturated rings. The topological polar surface area (TPSA) is 106 Å². The van der Waals surface area contributed by atoms with Gasteiger partial charge < -0.3 is 4.74 Å². The molecule has 2 N–H and O–H groups in total. The summed E-state index contributed by atoms with van der Waals surface area (Å²) in [7, 11) is 0. The van der Waals surface area contributed by atoms with E-state index in [0.717, 1.165) is 5.69 Å². The van der Waals surface area contributed by atoms with E-state index < -0.39 is 5.91 Å². The fourth-order valence-electron chi connectivity index (χ4n) is 1.18. The second kappa shape index (κ2) is 5.21. The van der Waals surface area contributed by atoms with Crippen LogP contribution >= 0.6 is 0 Å². The van der Waals surface area contributed by atoms with Crippen LogP contribution in [0.25, 0.3) is 0 Å². The highest BCUT2D eigenvalue weighted by molar-refractivity contribution is 6.01. The van der Waals surface area contributed by atoms with E-state index in [1.165, 1.54) is 12.4 Å². The van der Waals surface area contributed by atoms with Crippen molar-refractivity contribution in [3.05, 3.63) is 23.8 Å². The lowest BCUT2D eigenvalue weighted by molar-refractivity contribution is 0.102. The Kier molecular flexibility index (Phi) is 3.46. The minimum Gasteiger partial charge on any atom is -0.463 e. The van der Waals surface area contributed by atoms with Gasteiger partial charge in [0.2, 0.25) is 5.95 Å². The maximum atomic E-state index is 11.8. The number of ether oxygens (including phenoxy) is 1. The maximum Gasteiger partial charge on any atom is 0.337 e. The first-order chi connectivity index (χ1) is 8.69. The van der Waals surface area contributed by atoms with Gasteiger partial charge >= 0.3 is 6.01 Å². The molecule has 0 spiro atoms. The van der Waals surface area contributed by atoms with Gasteiger partial charge in [-0.1, -0.05) is 0 Å². The van der Waals surface area contributed by atoms with Crippen LogP contribution in [-0.2, 0) is 0 Å². The van der Waals surface area contributed by atoms with Crippen LogP contribution in [0.3, 0.4) is 0 Å². The van der Waals surface area contributed by atoms with Gasteiger partial charge in [-0.2, -0.15) is 4.98 Å². The molecule has 0 saturated heterocycles. The molecule has 0 unspecified atom stereocenters. The molecule has 0 aromatic carbocycles. The molecule has 2 rings (SSSR count). The number of anilines is 1. The summed E-state index contributed by atoms with van der Waals surface area (Å²) in [5, 5.41) is 8.80. The van der Waals surface area contributed by atoms with E-state index in [9.17, 15) is 4.79 Å². The Morgan fingerprint density at radius 3 is 2.94 bits per heavy atom. The predicted octanol–water partition coefficient (Wildman–Crippen LogP) is 0.554. The Morgan fingerprint density at radius 1 is 1.44 bits per heavy atom. The average molecular weight is 248 g/mol. The number of aromatic amines is 1. The van der Waals surface area contributed by atoms with Crippen molar-refractivity contribution in [1.82, 2.24) is 25.1 Å². The number of aromatic nitrogens is 5. The number of rotatable bonds is 4. The molecule has 8 heteroatoms. The van der Waals surface area contributed by atoms with Gasteiger partial charge in [-0.25, -0.2) is 10.1 Å². The van der Waals surface area contributed by atoms with Gasteiger partial charge in [0.15, 0.2) is 0 Å². The summed E-state index contributed by atoms with van der Waals surface area (Å²) >= 11 is 0. The smallest absolute Gasteiger partial charge is 0.337 e. The first-order valence-corrected chi connectivity index (χ1v) is 5.34. The summed E-state index contributed by atoms with van der Waals surface area (Å²) in [5.74, 6) is -0.215. The first kappa shape index (κ1) is 12.0. The lowest BCUT2D eigenvalue weighted by Gasteiger charge is -2.00. The first-order valence-electron chi connectivity index (χ1n) is 5.34. The predicted molar refractivity (Wildman–Crippen MR) is 62.3 cm³/mol. The van der Waals surface area contributed by atoms with Gasteiger partial charge in [-0.05, 0) is 13.8 Å². The van der Waals surface area contributed by atoms with Crippen LogP contribution in [0.2, 0.25) is 0 Å². The monoisotopic (exact) mass is 248 g/mol. The summed E-state index contributed by atoms with van der Waals surface area (Å²) in [5.41, 5.74) is 0.944. The molecule has 2 aromatic rings. The van der Waals surface area contributed by atoms with Gasteiger partial charge in [-0.3, -0.25) is 15.1 Å². The van der Waals surface area contributed by atoms with Crippen LogP contribution in [0.15, 0.2) is 12.4 Å². The maximum absolute atomic E-state index is 11.8. The van der Waals surface area contributed by atoms with Crippen molar-refractivity contribution in [2.45, 2.75) is 13.8 Å². The molecule has 2 heterocycles. The minimum absolute atomic E-state index is 0.183. The highest BCUT2D eigenvalue weighted by Gasteiger charge is 2.11. The third-order valence-electron chi connectivity index (χ3n) is 1.98. The molecule has 18 heavy (non-hydrogen) atoms. The quantitative estimate of drug-likeness (QED) is 0.818. The summed E-state index contributed by atoms with van der Waals surface area (Å²) < 4.78 is 5.06. The molecule has 94 valence electrons. The van der Waals surface area contributed by atoms with E-state index in [-0.39, 0.29) is 17.7 Å². The summed E-state index contributed by atoms with van der Waals surface area (Å²) in [6, 6.07) is 0.183. The van der Waals surface area contributed by atoms with E-state index >= 15 is 0 Å². The lowest BCUT2D eigenvalue weighted by atomic mass is 10.4. The molecule has 2 aromatic heterocycles. The minimum atomic E-state index is -0.415. The van der Waals surface area contributed by atoms with E-state index in [1.807, 2.05) is 6.92 Å². The van der Waals surface area contributed by atoms with Crippen molar-refractivity contribution < 1.29 is 9.53 Å². The summed E-state index contributed by atoms with van der Waals surface area (Å²) in [4.78, 5) is 23.6. The number of carbonyl (C=O) groups excluding carboxylic acids is 1. The average Bonchev–Trinajstić information content (AvgIpc) is 2.78. The van der Waals surface area contributed by atoms with Gasteiger partial charge in [0.05, 0.1) is 18.5 Å². The number of hydrogen-bond donors (Lipinski definition) is 2. The van der Waals surface area contributed by atoms with Crippen LogP contribution in [0.5, 0.6) is 6.01 Å². The third kappa shape index (κ3) is 2.78. The largest absolute Gasteiger partial charge is 0.463 e. The number of nitrogens with zero attached hydrogens (tertiary/aromatic N) is 4. The number of amides is 1. The Hall–Kier alpha value is -2.51. The van der Waals surface area contributed by atoms with Gasteiger partial charge in [-0.15, -0.1) is 5.10 Å². The molecule has 0 atom stereocenters. The highest BCUT2D eigenvalue weighted by atomic mass is 16.5. The SMILES string of the molecule is CCOc1n[nH]c(NC(=O)c2cnc(C)cn2)n1. The van der Waals surface area contributed by atoms with Crippen LogP contribution < -0.4 is 10.1 Å². The molecule has 1 amide bonds. The lowest BCUT2D eigenvalue weighted by Crippen LogP contribution is -2.15. The Labute approximate surface area is 103 Å². The van der Waals surface area contributed by atoms with Crippen molar-refractivity contribution in [2.75, 3.05) is 11.9 Å². The van der Waals surface area contributed by atoms with Gasteiger partial charge in [0.25, 0.3) is 5.91 Å². The van der Waals surface area contributed by atoms with Crippen LogP contribution in [0.4, 0.5) is 5.95 Å². The Morgan fingerprint density at radius 2 is 2.28 bits per heavy atom. The van der Waals surface area contributed by atoms with E-state index in [4.69, 9.17) is 4.74 Å². The zero-order chi connectivity index (χ0) is 13.0. The molecule has 0 radical (unpaired) electrons. The molecule has 0 saturated carbocycles. The van der Waals surface area contributed by atoms with E-state index in [1.54, 1.807) is 6.92 Å². The number of aryl methyl sites for hydroxylation is 1. The number of H-pyrrole nitrogens is 1. The van der Waals surface area contributed by atoms with Crippen molar-refractivity contribution in [3.63, 3.8) is 0 Å². The van der Waals surface area contributed by atoms with E-state index in [0.29, 0.717) is 6.61 Å². The van der Waals surface area contributed by atoms with Crippen LogP contribution in [0, 0.1) is 6.92 Å². The zero-order valence-electron chi connectivity index (χ0n) is 9.97. The summed E-state index contributed by atoms with van der Waals surface area (Å²) in [6.45, 7) is 4.06. The number of nitrogens with one attached hydrogen (secondary N) is 2. The van der Waals surface area contributed by atoms with Crippen molar-refractivity contribution >= 4 is 11.9 Å². The number of hydrogen-bond acceptors (Lipinski definition) is 6. The van der Waals surface area contributed by atoms with Crippen molar-refractivity contribution in [2.24, 2.45) is 0 Å². The molecule has 0 aliphatic rings. The fraction of sp³-hybridized carbons (Fsp3) is 0.300. The molecule has 0 aliphatic heterocycles. The molecule has 8 nitrogen and oxygen atoms in total. The van der Waals surface area contributed by atoms with E-state index in [2.05, 4.69) is 30.5 Å². The van der Waals surface area contributed by atoms with Gasteiger partial charge in [0.1, 0.15) is 5.69 Å². The van der Waals surface area contributed by atoms with Gasteiger partial charge in [0, 0.05) is 6.20 Å². The standard InChI is InChI=1S/C10H12N6O2/c1-3-18-10-14-9(15-16-10)13-8(17)7-5-11-6(2)4-12-7/h4-5H,3H2,1-2H3,(H2,13,14,15,16,17). The Balaban J connectivity index is 2.04. The fourth-order valence-corrected chi connectivity index (χ4v) is 1.18. The summed E-state index contributed by atoms with van der Waals surface area (Å²) in [6.07, 6.45) is 2.91. The molecular formula is C10H12N6O2. The van der Waals surface area contributed by atoms with Crippen molar-refractivity contribution in [3.8, 4) is 6.01 Å². The third-order valence-corrected chi connectivity index (χ3v) is 1.98. The second-order valence-corrected chi connectivity index (χ2v) is 3.40. The normalized spacial score (nSPS) is 10.1. The highest BCUT2D eigenvalue weighted by Crippen LogP contribution is 2.06.